The Morgan fingerprint density at radius 1 is 0.384 bits per heavy atom. The molecule has 0 bridgehead atoms. The van der Waals surface area contributed by atoms with Gasteiger partial charge in [-0.15, -0.1) is 0 Å². The van der Waals surface area contributed by atoms with Gasteiger partial charge in [-0.2, -0.15) is 4.58 Å². The Labute approximate surface area is 496 Å². The largest absolute Gasteiger partial charge is 0.310 e. The first-order valence-corrected chi connectivity index (χ1v) is 29.8. The van der Waals surface area contributed by atoms with E-state index >= 15 is 0 Å². The van der Waals surface area contributed by atoms with Gasteiger partial charge in [-0.05, 0) is 135 Å². The molecule has 18 rings (SSSR count). The molecule has 0 saturated carbocycles. The fourth-order valence-corrected chi connectivity index (χ4v) is 14.9. The quantitative estimate of drug-likeness (QED) is 0.161. The van der Waals surface area contributed by atoms with Crippen molar-refractivity contribution in [3.05, 3.63) is 334 Å². The van der Waals surface area contributed by atoms with Crippen LogP contribution in [0.25, 0.3) is 66.1 Å². The molecule has 0 N–H and O–H groups in total. The topological polar surface area (TPSA) is 32.2 Å². The van der Waals surface area contributed by atoms with Crippen molar-refractivity contribution in [1.29, 1.82) is 0 Å². The Kier molecular flexibility index (Phi) is 10.4. The fourth-order valence-electron chi connectivity index (χ4n) is 14.9. The lowest BCUT2D eigenvalue weighted by Gasteiger charge is -2.42. The molecule has 11 aromatic carbocycles. The van der Waals surface area contributed by atoms with Gasteiger partial charge in [-0.3, -0.25) is 9.88 Å². The van der Waals surface area contributed by atoms with Gasteiger partial charge in [0.25, 0.3) is 0 Å². The van der Waals surface area contributed by atoms with Crippen LogP contribution in [0.15, 0.2) is 291 Å². The number of para-hydroxylation sites is 10. The number of hydrogen-bond donors (Lipinski definition) is 0. The Morgan fingerprint density at radius 3 is 1.53 bits per heavy atom. The third-order valence-corrected chi connectivity index (χ3v) is 18.7. The minimum atomic E-state index is -0.388. The summed E-state index contributed by atoms with van der Waals surface area (Å²) in [6.45, 7) is 4.80. The number of hydrogen-bond acceptors (Lipinski definition) is 3. The number of aromatic nitrogens is 3. The Balaban J connectivity index is 1.08. The van der Waals surface area contributed by atoms with Gasteiger partial charge in [0.1, 0.15) is 11.4 Å². The molecule has 0 saturated heterocycles. The van der Waals surface area contributed by atoms with E-state index in [1.807, 2.05) is 0 Å². The summed E-state index contributed by atoms with van der Waals surface area (Å²) >= 11 is 0. The summed E-state index contributed by atoms with van der Waals surface area (Å²) in [5.41, 5.74) is 21.5. The number of allylic oxidation sites excluding steroid dienone is 2. The Bertz CT molecular complexity index is 5550. The Hall–Kier alpha value is -11.1. The first-order valence-electron chi connectivity index (χ1n) is 29.8. The molecule has 5 heterocycles. The third-order valence-electron chi connectivity index (χ3n) is 18.7. The normalized spacial score (nSPS) is 14.6. The van der Waals surface area contributed by atoms with Crippen LogP contribution in [0.4, 0.5) is 39.8 Å². The molecule has 6 heteroatoms. The molecular formula is C80H55N6+. The predicted octanol–water partition coefficient (Wildman–Crippen LogP) is 17.7. The zero-order chi connectivity index (χ0) is 56.8. The summed E-state index contributed by atoms with van der Waals surface area (Å²) in [5.74, 6) is 0. The van der Waals surface area contributed by atoms with E-state index in [2.05, 4.69) is 323 Å². The molecule has 0 unspecified atom stereocenters. The van der Waals surface area contributed by atoms with Crippen molar-refractivity contribution < 1.29 is 0 Å². The molecule has 0 fully saturated rings. The average Bonchev–Trinajstić information content (AvgIpc) is 1.10. The number of pyridine rings is 1. The smallest absolute Gasteiger partial charge is 0.235 e. The zero-order valence-electron chi connectivity index (χ0n) is 47.5. The van der Waals surface area contributed by atoms with E-state index < -0.39 is 0 Å². The van der Waals surface area contributed by atoms with Crippen LogP contribution in [0.2, 0.25) is 0 Å². The molecule has 86 heavy (non-hydrogen) atoms. The first-order chi connectivity index (χ1) is 42.5. The minimum Gasteiger partial charge on any atom is -0.310 e. The number of fused-ring (bicyclic) bond motifs is 14. The van der Waals surface area contributed by atoms with Crippen molar-refractivity contribution in [2.75, 3.05) is 9.80 Å². The molecule has 6 nitrogen and oxygen atoms in total. The van der Waals surface area contributed by atoms with Gasteiger partial charge < -0.3 is 14.0 Å². The van der Waals surface area contributed by atoms with Crippen molar-refractivity contribution in [2.24, 2.45) is 0 Å². The van der Waals surface area contributed by atoms with Gasteiger partial charge in [0.2, 0.25) is 17.1 Å². The molecule has 3 aromatic heterocycles. The lowest BCUT2D eigenvalue weighted by atomic mass is 9.73. The van der Waals surface area contributed by atoms with E-state index in [4.69, 9.17) is 4.98 Å². The zero-order valence-corrected chi connectivity index (χ0v) is 47.5. The van der Waals surface area contributed by atoms with Crippen LogP contribution in [0, 0.1) is 21.0 Å². The van der Waals surface area contributed by atoms with E-state index in [0.29, 0.717) is 6.42 Å². The van der Waals surface area contributed by atoms with Crippen LogP contribution in [0.5, 0.6) is 0 Å². The first kappa shape index (κ1) is 48.5. The highest BCUT2D eigenvalue weighted by Crippen LogP contribution is 2.53. The molecule has 0 radical (unpaired) electrons. The van der Waals surface area contributed by atoms with E-state index in [1.54, 1.807) is 0 Å². The van der Waals surface area contributed by atoms with Crippen molar-refractivity contribution in [2.45, 2.75) is 25.7 Å². The maximum atomic E-state index is 5.92. The molecule has 404 valence electrons. The number of anilines is 5. The van der Waals surface area contributed by atoms with Crippen molar-refractivity contribution >= 4 is 100 Å². The highest BCUT2D eigenvalue weighted by molar-refractivity contribution is 6.22. The van der Waals surface area contributed by atoms with Gasteiger partial charge in [0.05, 0.1) is 57.1 Å². The van der Waals surface area contributed by atoms with Crippen molar-refractivity contribution in [3.8, 4) is 11.4 Å². The van der Waals surface area contributed by atoms with Crippen LogP contribution in [-0.2, 0) is 5.41 Å². The number of nitrogens with zero attached hydrogens (tertiary/aromatic N) is 6. The van der Waals surface area contributed by atoms with Crippen molar-refractivity contribution in [3.63, 3.8) is 0 Å². The SMILES string of the molecule is CC1(C)c2ccccc2N(c2ccccc2)c2cc3c(cc21)=c1ncc(-n2c4ccccc4c4ccccc42)cc1=C1CC2=[N+](c4ccccc4)c4ccccc4N(c4ccccc4)C2=CC1=c1ccc(-n2c4ccccc4c4ccccc42)cc1=3. The van der Waals surface area contributed by atoms with Gasteiger partial charge in [-0.25, -0.2) is 0 Å². The molecule has 2 aliphatic heterocycles. The molecule has 14 aromatic rings. The highest BCUT2D eigenvalue weighted by Gasteiger charge is 2.42. The summed E-state index contributed by atoms with van der Waals surface area (Å²) in [7, 11) is 0. The van der Waals surface area contributed by atoms with Gasteiger partial charge >= 0.3 is 0 Å². The third kappa shape index (κ3) is 6.95. The molecule has 2 aliphatic carbocycles. The molecule has 0 atom stereocenters. The van der Waals surface area contributed by atoms with Gasteiger partial charge in [-0.1, -0.05) is 178 Å². The van der Waals surface area contributed by atoms with Crippen LogP contribution in [0.3, 0.4) is 0 Å². The summed E-state index contributed by atoms with van der Waals surface area (Å²) < 4.78 is 7.41. The van der Waals surface area contributed by atoms with Gasteiger partial charge in [0.15, 0.2) is 0 Å². The summed E-state index contributed by atoms with van der Waals surface area (Å²) in [6.07, 6.45) is 5.26. The molecular weight excluding hydrogens is 1040 g/mol. The number of benzene rings is 11. The van der Waals surface area contributed by atoms with E-state index in [0.717, 1.165) is 99.2 Å². The van der Waals surface area contributed by atoms with E-state index in [1.165, 1.54) is 60.7 Å². The van der Waals surface area contributed by atoms with Crippen LogP contribution < -0.4 is 24.8 Å². The van der Waals surface area contributed by atoms with E-state index in [9.17, 15) is 0 Å². The lowest BCUT2D eigenvalue weighted by Crippen LogP contribution is -2.38. The highest BCUT2D eigenvalue weighted by atomic mass is 15.2. The van der Waals surface area contributed by atoms with Crippen LogP contribution >= 0.6 is 0 Å². The second-order valence-corrected chi connectivity index (χ2v) is 23.7. The second kappa shape index (κ2) is 18.5. The maximum absolute atomic E-state index is 5.92. The van der Waals surface area contributed by atoms with Crippen LogP contribution in [0.1, 0.15) is 31.4 Å². The fraction of sp³-hybridized carbons (Fsp3) is 0.0500. The van der Waals surface area contributed by atoms with Crippen molar-refractivity contribution in [1.82, 2.24) is 18.7 Å². The standard InChI is InChI=1S/C80H55N6/c1-80(2)67-34-16-21-39-73(67)82(51-24-6-3-7-25-51)76-47-63-61-44-54(85-69-35-17-12-30-57(69)58-31-13-18-36-70(58)85)42-43-56(61)62-48-77-78(84(53-28-10-5-11-29-53)75-41-23-22-40-74(75)83(77)52-26-8-4-9-27-52)49-64(62)65-45-55(50-81-79(65)66(63)46-68(76)80)86-71-37-19-14-32-59(71)60-33-15-20-38-72(60)86/h3-48,50H,49H2,1-2H3/q+1. The summed E-state index contributed by atoms with van der Waals surface area (Å²) in [4.78, 5) is 10.9. The van der Waals surface area contributed by atoms with E-state index in [-0.39, 0.29) is 5.41 Å². The minimum absolute atomic E-state index is 0.388. The average molecular weight is 1100 g/mol. The second-order valence-electron chi connectivity index (χ2n) is 23.7. The molecule has 0 amide bonds. The monoisotopic (exact) mass is 1100 g/mol. The van der Waals surface area contributed by atoms with Crippen LogP contribution in [-0.4, -0.2) is 19.8 Å². The molecule has 4 aliphatic rings. The summed E-state index contributed by atoms with van der Waals surface area (Å²) in [5, 5.41) is 11.5. The Morgan fingerprint density at radius 2 is 0.895 bits per heavy atom. The lowest BCUT2D eigenvalue weighted by molar-refractivity contribution is 0.631. The number of rotatable bonds is 5. The van der Waals surface area contributed by atoms with Gasteiger partial charge in [0, 0.05) is 72.7 Å². The predicted molar refractivity (Wildman–Crippen MR) is 355 cm³/mol. The summed E-state index contributed by atoms with van der Waals surface area (Å²) in [6, 6.07) is 101. The molecule has 0 spiro atoms. The maximum Gasteiger partial charge on any atom is 0.235 e.